The molecule has 2 aromatic carbocycles. The van der Waals surface area contributed by atoms with Crippen molar-refractivity contribution in [2.45, 2.75) is 20.3 Å². The third-order valence-electron chi connectivity index (χ3n) is 4.40. The van der Waals surface area contributed by atoms with E-state index in [2.05, 4.69) is 0 Å². The van der Waals surface area contributed by atoms with Gasteiger partial charge in [-0.15, -0.1) is 0 Å². The summed E-state index contributed by atoms with van der Waals surface area (Å²) >= 11 is 0. The van der Waals surface area contributed by atoms with Crippen LogP contribution in [0.4, 0.5) is 0 Å². The highest BCUT2D eigenvalue weighted by Crippen LogP contribution is 2.44. The van der Waals surface area contributed by atoms with Gasteiger partial charge in [0.05, 0.1) is 12.7 Å². The molecule has 4 N–H and O–H groups in total. The Balaban J connectivity index is 2.32. The average molecular weight is 384 g/mol. The van der Waals surface area contributed by atoms with Crippen molar-refractivity contribution in [3.8, 4) is 39.9 Å². The second-order valence-electron chi connectivity index (χ2n) is 6.60. The van der Waals surface area contributed by atoms with E-state index in [0.29, 0.717) is 0 Å². The molecule has 28 heavy (non-hydrogen) atoms. The van der Waals surface area contributed by atoms with Gasteiger partial charge < -0.3 is 29.6 Å². The molecule has 0 radical (unpaired) electrons. The van der Waals surface area contributed by atoms with Gasteiger partial charge in [-0.1, -0.05) is 11.6 Å². The fraction of sp³-hybridized carbons (Fsp3) is 0.190. The summed E-state index contributed by atoms with van der Waals surface area (Å²) < 4.78 is 10.6. The number of allylic oxidation sites excluding steroid dienone is 2. The van der Waals surface area contributed by atoms with Crippen molar-refractivity contribution in [2.24, 2.45) is 0 Å². The highest BCUT2D eigenvalue weighted by Gasteiger charge is 2.22. The number of benzene rings is 2. The van der Waals surface area contributed by atoms with Crippen molar-refractivity contribution in [3.63, 3.8) is 0 Å². The Morgan fingerprint density at radius 3 is 2.43 bits per heavy atom. The predicted octanol–water partition coefficient (Wildman–Crippen LogP) is 3.80. The zero-order valence-corrected chi connectivity index (χ0v) is 15.6. The number of hydrogen-bond acceptors (Lipinski definition) is 7. The van der Waals surface area contributed by atoms with E-state index in [1.54, 1.807) is 0 Å². The van der Waals surface area contributed by atoms with Crippen molar-refractivity contribution >= 4 is 11.0 Å². The molecule has 0 spiro atoms. The van der Waals surface area contributed by atoms with Crippen LogP contribution in [0, 0.1) is 0 Å². The van der Waals surface area contributed by atoms with E-state index >= 15 is 0 Å². The van der Waals surface area contributed by atoms with E-state index < -0.39 is 11.2 Å². The second kappa shape index (κ2) is 7.19. The molecule has 0 atom stereocenters. The van der Waals surface area contributed by atoms with Crippen molar-refractivity contribution in [2.75, 3.05) is 7.11 Å². The minimum Gasteiger partial charge on any atom is -0.508 e. The molecule has 7 nitrogen and oxygen atoms in total. The topological polar surface area (TPSA) is 120 Å². The molecule has 1 aromatic heterocycles. The van der Waals surface area contributed by atoms with Gasteiger partial charge in [-0.25, -0.2) is 0 Å². The van der Waals surface area contributed by atoms with Crippen LogP contribution in [-0.2, 0) is 6.42 Å². The van der Waals surface area contributed by atoms with E-state index in [1.807, 2.05) is 19.9 Å². The molecule has 0 aliphatic heterocycles. The zero-order valence-electron chi connectivity index (χ0n) is 15.6. The van der Waals surface area contributed by atoms with Gasteiger partial charge in [0.2, 0.25) is 5.43 Å². The summed E-state index contributed by atoms with van der Waals surface area (Å²) in [7, 11) is 1.36. The first kappa shape index (κ1) is 19.2. The lowest BCUT2D eigenvalue weighted by atomic mass is 9.97. The molecule has 146 valence electrons. The van der Waals surface area contributed by atoms with Crippen LogP contribution < -0.4 is 10.2 Å². The average Bonchev–Trinajstić information content (AvgIpc) is 2.62. The lowest BCUT2D eigenvalue weighted by Gasteiger charge is -2.14. The SMILES string of the molecule is COc1cc(-c2coc3cc(O)cc(O)c3c2=O)c(O)c(CC=C(C)C)c1O. The van der Waals surface area contributed by atoms with Gasteiger partial charge >= 0.3 is 0 Å². The first-order valence-electron chi connectivity index (χ1n) is 8.47. The number of methoxy groups -OCH3 is 1. The van der Waals surface area contributed by atoms with Crippen LogP contribution in [0.5, 0.6) is 28.7 Å². The molecule has 0 amide bonds. The molecule has 0 bridgehead atoms. The highest BCUT2D eigenvalue weighted by molar-refractivity contribution is 5.89. The Morgan fingerprint density at radius 2 is 1.79 bits per heavy atom. The summed E-state index contributed by atoms with van der Waals surface area (Å²) in [6.45, 7) is 3.76. The van der Waals surface area contributed by atoms with Crippen LogP contribution in [0.25, 0.3) is 22.1 Å². The standard InChI is InChI=1S/C21H20O7/c1-10(2)4-5-12-19(24)13(8-17(27-3)20(12)25)14-9-28-16-7-11(22)6-15(23)18(16)21(14)26/h4,6-9,22-25H,5H2,1-3H3. The van der Waals surface area contributed by atoms with Crippen LogP contribution >= 0.6 is 0 Å². The van der Waals surface area contributed by atoms with E-state index in [1.165, 1.54) is 19.2 Å². The van der Waals surface area contributed by atoms with Gasteiger partial charge in [0.25, 0.3) is 0 Å². The number of ether oxygens (including phenoxy) is 1. The van der Waals surface area contributed by atoms with Gasteiger partial charge in [-0.2, -0.15) is 0 Å². The zero-order chi connectivity index (χ0) is 20.6. The van der Waals surface area contributed by atoms with Crippen molar-refractivity contribution in [3.05, 3.63) is 51.9 Å². The molecule has 3 rings (SSSR count). The maximum absolute atomic E-state index is 12.9. The fourth-order valence-corrected chi connectivity index (χ4v) is 2.96. The van der Waals surface area contributed by atoms with Crippen LogP contribution in [0.15, 0.2) is 45.3 Å². The summed E-state index contributed by atoms with van der Waals surface area (Å²) in [6.07, 6.45) is 3.16. The van der Waals surface area contributed by atoms with Gasteiger partial charge in [0.15, 0.2) is 11.5 Å². The van der Waals surface area contributed by atoms with E-state index in [4.69, 9.17) is 9.15 Å². The largest absolute Gasteiger partial charge is 0.508 e. The lowest BCUT2D eigenvalue weighted by molar-refractivity contribution is 0.366. The van der Waals surface area contributed by atoms with Crippen LogP contribution in [-0.4, -0.2) is 27.5 Å². The Hall–Kier alpha value is -3.61. The predicted molar refractivity (Wildman–Crippen MR) is 104 cm³/mol. The molecule has 7 heteroatoms. The molecular weight excluding hydrogens is 364 g/mol. The van der Waals surface area contributed by atoms with Crippen LogP contribution in [0.3, 0.4) is 0 Å². The Kier molecular flexibility index (Phi) is 4.92. The fourth-order valence-electron chi connectivity index (χ4n) is 2.96. The number of phenolic OH excluding ortho intramolecular Hbond substituents is 4. The number of fused-ring (bicyclic) bond motifs is 1. The normalized spacial score (nSPS) is 10.8. The second-order valence-corrected chi connectivity index (χ2v) is 6.60. The molecule has 1 heterocycles. The van der Waals surface area contributed by atoms with E-state index in [-0.39, 0.29) is 57.1 Å². The first-order valence-corrected chi connectivity index (χ1v) is 8.47. The molecule has 0 saturated carbocycles. The smallest absolute Gasteiger partial charge is 0.204 e. The minimum atomic E-state index is -0.602. The molecule has 0 aliphatic rings. The molecule has 3 aromatic rings. The quantitative estimate of drug-likeness (QED) is 0.505. The maximum atomic E-state index is 12.9. The monoisotopic (exact) mass is 384 g/mol. The summed E-state index contributed by atoms with van der Waals surface area (Å²) in [5.74, 6) is -1.13. The van der Waals surface area contributed by atoms with Gasteiger partial charge in [0.1, 0.15) is 34.5 Å². The number of aromatic hydroxyl groups is 4. The van der Waals surface area contributed by atoms with Gasteiger partial charge in [0, 0.05) is 23.3 Å². The number of phenols is 4. The number of hydrogen-bond donors (Lipinski definition) is 4. The van der Waals surface area contributed by atoms with Crippen molar-refractivity contribution in [1.82, 2.24) is 0 Å². The molecule has 0 unspecified atom stereocenters. The minimum absolute atomic E-state index is 0.00116. The molecule has 0 fully saturated rings. The molecule has 0 aliphatic carbocycles. The van der Waals surface area contributed by atoms with Crippen LogP contribution in [0.1, 0.15) is 19.4 Å². The third-order valence-corrected chi connectivity index (χ3v) is 4.40. The first-order chi connectivity index (χ1) is 13.2. The Morgan fingerprint density at radius 1 is 1.07 bits per heavy atom. The maximum Gasteiger partial charge on any atom is 0.204 e. The molecule has 0 saturated heterocycles. The van der Waals surface area contributed by atoms with E-state index in [9.17, 15) is 25.2 Å². The van der Waals surface area contributed by atoms with E-state index in [0.717, 1.165) is 17.9 Å². The Bertz CT molecular complexity index is 1150. The molecular formula is C21H20O7. The summed E-state index contributed by atoms with van der Waals surface area (Å²) in [5, 5.41) is 40.6. The highest BCUT2D eigenvalue weighted by atomic mass is 16.5. The lowest BCUT2D eigenvalue weighted by Crippen LogP contribution is -2.06. The summed E-state index contributed by atoms with van der Waals surface area (Å²) in [5.41, 5.74) is 0.650. The summed E-state index contributed by atoms with van der Waals surface area (Å²) in [6, 6.07) is 3.56. The van der Waals surface area contributed by atoms with Gasteiger partial charge in [-0.3, -0.25) is 4.79 Å². The van der Waals surface area contributed by atoms with Crippen molar-refractivity contribution in [1.29, 1.82) is 0 Å². The third kappa shape index (κ3) is 3.22. The number of rotatable bonds is 4. The van der Waals surface area contributed by atoms with Crippen LogP contribution in [0.2, 0.25) is 0 Å². The summed E-state index contributed by atoms with van der Waals surface area (Å²) in [4.78, 5) is 12.9. The Labute approximate surface area is 160 Å². The van der Waals surface area contributed by atoms with Gasteiger partial charge in [-0.05, 0) is 26.3 Å². The van der Waals surface area contributed by atoms with Crippen molar-refractivity contribution < 1.29 is 29.6 Å².